The molecule has 0 radical (unpaired) electrons. The summed E-state index contributed by atoms with van der Waals surface area (Å²) < 4.78 is 0. The van der Waals surface area contributed by atoms with Crippen LogP contribution in [0.25, 0.3) is 10.9 Å². The second kappa shape index (κ2) is 5.15. The van der Waals surface area contributed by atoms with Gasteiger partial charge in [-0.25, -0.2) is 0 Å². The quantitative estimate of drug-likeness (QED) is 0.748. The van der Waals surface area contributed by atoms with Crippen LogP contribution in [0.4, 0.5) is 5.69 Å². The number of hydrogen-bond donors (Lipinski definition) is 2. The van der Waals surface area contributed by atoms with Gasteiger partial charge in [0, 0.05) is 16.6 Å². The van der Waals surface area contributed by atoms with E-state index in [4.69, 9.17) is 23.2 Å². The van der Waals surface area contributed by atoms with Crippen LogP contribution in [0.15, 0.2) is 42.6 Å². The molecular formula is C14H9Cl2N3O. The van der Waals surface area contributed by atoms with Gasteiger partial charge in [-0.3, -0.25) is 9.89 Å². The summed E-state index contributed by atoms with van der Waals surface area (Å²) in [6.45, 7) is 0. The van der Waals surface area contributed by atoms with Crippen LogP contribution in [-0.2, 0) is 0 Å². The van der Waals surface area contributed by atoms with Crippen molar-refractivity contribution < 1.29 is 4.79 Å². The van der Waals surface area contributed by atoms with E-state index in [2.05, 4.69) is 15.5 Å². The summed E-state index contributed by atoms with van der Waals surface area (Å²) in [6.07, 6.45) is 1.72. The first kappa shape index (κ1) is 13.0. The third kappa shape index (κ3) is 2.48. The van der Waals surface area contributed by atoms with Gasteiger partial charge < -0.3 is 5.32 Å². The Balaban J connectivity index is 1.85. The molecule has 0 atom stereocenters. The molecule has 0 saturated heterocycles. The first-order chi connectivity index (χ1) is 9.63. The number of nitrogens with one attached hydrogen (secondary N) is 2. The van der Waals surface area contributed by atoms with Crippen LogP contribution in [0.1, 0.15) is 10.4 Å². The smallest absolute Gasteiger partial charge is 0.255 e. The number of anilines is 1. The number of fused-ring (bicyclic) bond motifs is 1. The van der Waals surface area contributed by atoms with Gasteiger partial charge in [0.25, 0.3) is 5.91 Å². The average molecular weight is 306 g/mol. The Kier molecular flexibility index (Phi) is 3.34. The monoisotopic (exact) mass is 305 g/mol. The highest BCUT2D eigenvalue weighted by Gasteiger charge is 2.09. The number of carbonyl (C=O) groups is 1. The van der Waals surface area contributed by atoms with Crippen LogP contribution in [0.2, 0.25) is 10.0 Å². The van der Waals surface area contributed by atoms with Crippen LogP contribution < -0.4 is 5.32 Å². The number of aromatic amines is 1. The number of rotatable bonds is 2. The standard InChI is InChI=1S/C14H9Cl2N3O/c15-11-4-2-8(5-12(11)16)14(20)18-10-3-1-9-7-17-19-13(9)6-10/h1-7H,(H,17,19)(H,18,20). The number of nitrogens with zero attached hydrogens (tertiary/aromatic N) is 1. The zero-order valence-corrected chi connectivity index (χ0v) is 11.7. The van der Waals surface area contributed by atoms with Gasteiger partial charge in [0.1, 0.15) is 0 Å². The van der Waals surface area contributed by atoms with Crippen LogP contribution in [0, 0.1) is 0 Å². The van der Waals surface area contributed by atoms with Gasteiger partial charge >= 0.3 is 0 Å². The minimum atomic E-state index is -0.248. The molecule has 4 nitrogen and oxygen atoms in total. The third-order valence-corrected chi connectivity index (χ3v) is 3.62. The first-order valence-electron chi connectivity index (χ1n) is 5.83. The summed E-state index contributed by atoms with van der Waals surface area (Å²) in [4.78, 5) is 12.1. The summed E-state index contributed by atoms with van der Waals surface area (Å²) in [5.74, 6) is -0.248. The van der Waals surface area contributed by atoms with E-state index < -0.39 is 0 Å². The van der Waals surface area contributed by atoms with E-state index in [-0.39, 0.29) is 5.91 Å². The van der Waals surface area contributed by atoms with Gasteiger partial charge in [0.15, 0.2) is 0 Å². The van der Waals surface area contributed by atoms with Gasteiger partial charge in [0.2, 0.25) is 0 Å². The van der Waals surface area contributed by atoms with Crippen LogP contribution in [-0.4, -0.2) is 16.1 Å². The Morgan fingerprint density at radius 1 is 1.10 bits per heavy atom. The topological polar surface area (TPSA) is 57.8 Å². The molecule has 6 heteroatoms. The molecule has 0 saturated carbocycles. The molecule has 0 aliphatic heterocycles. The van der Waals surface area contributed by atoms with Crippen molar-refractivity contribution in [3.8, 4) is 0 Å². The van der Waals surface area contributed by atoms with Crippen molar-refractivity contribution >= 4 is 45.7 Å². The maximum Gasteiger partial charge on any atom is 0.255 e. The molecule has 0 aliphatic rings. The molecule has 2 N–H and O–H groups in total. The van der Waals surface area contributed by atoms with Crippen molar-refractivity contribution in [3.05, 3.63) is 58.2 Å². The molecule has 0 fully saturated rings. The van der Waals surface area contributed by atoms with E-state index in [9.17, 15) is 4.79 Å². The molecule has 1 aromatic heterocycles. The summed E-state index contributed by atoms with van der Waals surface area (Å²) in [5.41, 5.74) is 1.99. The number of H-pyrrole nitrogens is 1. The Hall–Kier alpha value is -2.04. The third-order valence-electron chi connectivity index (χ3n) is 2.88. The maximum atomic E-state index is 12.1. The molecule has 0 bridgehead atoms. The zero-order valence-electron chi connectivity index (χ0n) is 10.2. The highest BCUT2D eigenvalue weighted by Crippen LogP contribution is 2.23. The van der Waals surface area contributed by atoms with Crippen molar-refractivity contribution in [3.63, 3.8) is 0 Å². The highest BCUT2D eigenvalue weighted by atomic mass is 35.5. The summed E-state index contributed by atoms with van der Waals surface area (Å²) in [5, 5.41) is 11.3. The van der Waals surface area contributed by atoms with E-state index in [0.29, 0.717) is 21.3 Å². The molecule has 3 aromatic rings. The Morgan fingerprint density at radius 2 is 1.95 bits per heavy atom. The van der Waals surface area contributed by atoms with E-state index in [1.54, 1.807) is 18.3 Å². The summed E-state index contributed by atoms with van der Waals surface area (Å²) in [6, 6.07) is 10.3. The second-order valence-electron chi connectivity index (χ2n) is 4.26. The van der Waals surface area contributed by atoms with Gasteiger partial charge in [0.05, 0.1) is 21.8 Å². The zero-order chi connectivity index (χ0) is 14.1. The number of amides is 1. The van der Waals surface area contributed by atoms with Gasteiger partial charge in [-0.1, -0.05) is 23.2 Å². The van der Waals surface area contributed by atoms with Crippen molar-refractivity contribution in [2.24, 2.45) is 0 Å². The fraction of sp³-hybridized carbons (Fsp3) is 0. The van der Waals surface area contributed by atoms with Crippen LogP contribution in [0.5, 0.6) is 0 Å². The van der Waals surface area contributed by atoms with Crippen molar-refractivity contribution in [1.29, 1.82) is 0 Å². The Labute approximate surface area is 124 Å². The molecule has 1 heterocycles. The normalized spacial score (nSPS) is 10.7. The van der Waals surface area contributed by atoms with E-state index in [0.717, 1.165) is 10.9 Å². The van der Waals surface area contributed by atoms with Gasteiger partial charge in [-0.15, -0.1) is 0 Å². The highest BCUT2D eigenvalue weighted by molar-refractivity contribution is 6.42. The van der Waals surface area contributed by atoms with Crippen LogP contribution in [0.3, 0.4) is 0 Å². The number of hydrogen-bond acceptors (Lipinski definition) is 2. The summed E-state index contributed by atoms with van der Waals surface area (Å²) in [7, 11) is 0. The molecule has 0 unspecified atom stereocenters. The van der Waals surface area contributed by atoms with E-state index in [1.165, 1.54) is 6.07 Å². The molecular weight excluding hydrogens is 297 g/mol. The minimum absolute atomic E-state index is 0.248. The fourth-order valence-electron chi connectivity index (χ4n) is 1.86. The van der Waals surface area contributed by atoms with Crippen LogP contribution >= 0.6 is 23.2 Å². The lowest BCUT2D eigenvalue weighted by molar-refractivity contribution is 0.102. The van der Waals surface area contributed by atoms with Gasteiger partial charge in [-0.05, 0) is 36.4 Å². The molecule has 0 aliphatic carbocycles. The predicted molar refractivity (Wildman–Crippen MR) is 80.5 cm³/mol. The number of aromatic nitrogens is 2. The molecule has 20 heavy (non-hydrogen) atoms. The minimum Gasteiger partial charge on any atom is -0.322 e. The second-order valence-corrected chi connectivity index (χ2v) is 5.07. The van der Waals surface area contributed by atoms with E-state index in [1.807, 2.05) is 18.2 Å². The number of benzene rings is 2. The average Bonchev–Trinajstić information content (AvgIpc) is 2.89. The lowest BCUT2D eigenvalue weighted by Gasteiger charge is -2.06. The lowest BCUT2D eigenvalue weighted by atomic mass is 10.2. The molecule has 1 amide bonds. The molecule has 0 spiro atoms. The van der Waals surface area contributed by atoms with Gasteiger partial charge in [-0.2, -0.15) is 5.10 Å². The maximum absolute atomic E-state index is 12.1. The van der Waals surface area contributed by atoms with Crippen molar-refractivity contribution in [1.82, 2.24) is 10.2 Å². The van der Waals surface area contributed by atoms with Crippen molar-refractivity contribution in [2.45, 2.75) is 0 Å². The molecule has 3 rings (SSSR count). The van der Waals surface area contributed by atoms with Crippen molar-refractivity contribution in [2.75, 3.05) is 5.32 Å². The number of carbonyl (C=O) groups excluding carboxylic acids is 1. The number of halogens is 2. The first-order valence-corrected chi connectivity index (χ1v) is 6.58. The predicted octanol–water partition coefficient (Wildman–Crippen LogP) is 4.12. The largest absolute Gasteiger partial charge is 0.322 e. The molecule has 2 aromatic carbocycles. The lowest BCUT2D eigenvalue weighted by Crippen LogP contribution is -2.11. The Bertz CT molecular complexity index is 798. The Morgan fingerprint density at radius 3 is 2.75 bits per heavy atom. The van der Waals surface area contributed by atoms with E-state index >= 15 is 0 Å². The molecule has 100 valence electrons. The summed E-state index contributed by atoms with van der Waals surface area (Å²) >= 11 is 11.7. The fourth-order valence-corrected chi connectivity index (χ4v) is 2.15. The SMILES string of the molecule is O=C(Nc1ccc2cn[nH]c2c1)c1ccc(Cl)c(Cl)c1.